The first-order valence-electron chi connectivity index (χ1n) is 6.34. The van der Waals surface area contributed by atoms with Crippen molar-refractivity contribution in [2.45, 2.75) is 38.6 Å². The second-order valence-corrected chi connectivity index (χ2v) is 4.77. The zero-order chi connectivity index (χ0) is 12.3. The van der Waals surface area contributed by atoms with Crippen molar-refractivity contribution in [3.05, 3.63) is 46.8 Å². The molecule has 0 spiro atoms. The van der Waals surface area contributed by atoms with Crippen molar-refractivity contribution in [1.29, 1.82) is 0 Å². The molecule has 17 heavy (non-hydrogen) atoms. The third-order valence-corrected chi connectivity index (χ3v) is 3.45. The molecular formula is C15H20FN. The van der Waals surface area contributed by atoms with Crippen LogP contribution in [-0.2, 0) is 0 Å². The molecule has 1 nitrogen and oxygen atoms in total. The van der Waals surface area contributed by atoms with Crippen LogP contribution in [0.1, 0.15) is 42.9 Å². The van der Waals surface area contributed by atoms with Crippen LogP contribution in [-0.4, -0.2) is 7.05 Å². The molecule has 1 atom stereocenters. The number of hydrogen-bond acceptors (Lipinski definition) is 1. The summed E-state index contributed by atoms with van der Waals surface area (Å²) in [5.41, 5.74) is 3.08. The highest BCUT2D eigenvalue weighted by molar-refractivity contribution is 5.32. The molecule has 1 aromatic carbocycles. The SMILES string of the molecule is CNC(C1=CCCCC1)c1ccc(C)cc1F. The van der Waals surface area contributed by atoms with Crippen LogP contribution in [0.2, 0.25) is 0 Å². The smallest absolute Gasteiger partial charge is 0.128 e. The van der Waals surface area contributed by atoms with Gasteiger partial charge >= 0.3 is 0 Å². The van der Waals surface area contributed by atoms with Crippen LogP contribution < -0.4 is 5.32 Å². The van der Waals surface area contributed by atoms with Crippen molar-refractivity contribution in [2.75, 3.05) is 7.05 Å². The maximum Gasteiger partial charge on any atom is 0.128 e. The summed E-state index contributed by atoms with van der Waals surface area (Å²) in [6, 6.07) is 5.53. The highest BCUT2D eigenvalue weighted by atomic mass is 19.1. The normalized spacial score (nSPS) is 17.7. The molecule has 1 aliphatic carbocycles. The third-order valence-electron chi connectivity index (χ3n) is 3.45. The van der Waals surface area contributed by atoms with Crippen LogP contribution in [0, 0.1) is 12.7 Å². The van der Waals surface area contributed by atoms with E-state index in [1.165, 1.54) is 18.4 Å². The number of aryl methyl sites for hydroxylation is 1. The Labute approximate surface area is 103 Å². The van der Waals surface area contributed by atoms with Crippen molar-refractivity contribution in [2.24, 2.45) is 0 Å². The van der Waals surface area contributed by atoms with Gasteiger partial charge in [0.15, 0.2) is 0 Å². The van der Waals surface area contributed by atoms with Gasteiger partial charge in [-0.2, -0.15) is 0 Å². The molecule has 2 heteroatoms. The van der Waals surface area contributed by atoms with Crippen LogP contribution in [0.15, 0.2) is 29.8 Å². The Morgan fingerprint density at radius 2 is 2.12 bits per heavy atom. The predicted molar refractivity (Wildman–Crippen MR) is 69.5 cm³/mol. The fourth-order valence-electron chi connectivity index (χ4n) is 2.53. The van der Waals surface area contributed by atoms with Gasteiger partial charge in [0.1, 0.15) is 5.82 Å². The molecule has 92 valence electrons. The van der Waals surface area contributed by atoms with Crippen molar-refractivity contribution < 1.29 is 4.39 Å². The van der Waals surface area contributed by atoms with E-state index in [0.717, 1.165) is 24.0 Å². The largest absolute Gasteiger partial charge is 0.310 e. The lowest BCUT2D eigenvalue weighted by molar-refractivity contribution is 0.546. The van der Waals surface area contributed by atoms with Gasteiger partial charge in [-0.25, -0.2) is 4.39 Å². The average Bonchev–Trinajstić information content (AvgIpc) is 2.34. The number of halogens is 1. The van der Waals surface area contributed by atoms with E-state index in [2.05, 4.69) is 11.4 Å². The Hall–Kier alpha value is -1.15. The van der Waals surface area contributed by atoms with E-state index in [0.29, 0.717) is 0 Å². The molecule has 1 unspecified atom stereocenters. The molecule has 1 N–H and O–H groups in total. The van der Waals surface area contributed by atoms with Crippen molar-refractivity contribution in [3.63, 3.8) is 0 Å². The quantitative estimate of drug-likeness (QED) is 0.781. The van der Waals surface area contributed by atoms with Gasteiger partial charge in [-0.3, -0.25) is 0 Å². The molecule has 1 aliphatic rings. The Morgan fingerprint density at radius 1 is 1.29 bits per heavy atom. The van der Waals surface area contributed by atoms with Crippen LogP contribution in [0.25, 0.3) is 0 Å². The van der Waals surface area contributed by atoms with Gasteiger partial charge in [0.2, 0.25) is 0 Å². The van der Waals surface area contributed by atoms with Crippen molar-refractivity contribution in [1.82, 2.24) is 5.32 Å². The molecule has 1 aromatic rings. The summed E-state index contributed by atoms with van der Waals surface area (Å²) in [5, 5.41) is 3.24. The lowest BCUT2D eigenvalue weighted by atomic mass is 9.89. The first-order valence-corrected chi connectivity index (χ1v) is 6.34. The fourth-order valence-corrected chi connectivity index (χ4v) is 2.53. The number of allylic oxidation sites excluding steroid dienone is 1. The van der Waals surface area contributed by atoms with E-state index in [9.17, 15) is 4.39 Å². The first-order chi connectivity index (χ1) is 8.22. The number of rotatable bonds is 3. The summed E-state index contributed by atoms with van der Waals surface area (Å²) in [6.07, 6.45) is 6.96. The third kappa shape index (κ3) is 2.75. The monoisotopic (exact) mass is 233 g/mol. The number of nitrogens with one attached hydrogen (secondary N) is 1. The Morgan fingerprint density at radius 3 is 2.71 bits per heavy atom. The number of hydrogen-bond donors (Lipinski definition) is 1. The lowest BCUT2D eigenvalue weighted by Crippen LogP contribution is -2.21. The standard InChI is InChI=1S/C15H20FN/c1-11-8-9-13(14(16)10-11)15(17-2)12-6-4-3-5-7-12/h6,8-10,15,17H,3-5,7H2,1-2H3. The van der Waals surface area contributed by atoms with Gasteiger partial charge in [-0.1, -0.05) is 23.8 Å². The lowest BCUT2D eigenvalue weighted by Gasteiger charge is -2.23. The topological polar surface area (TPSA) is 12.0 Å². The number of likely N-dealkylation sites (N-methyl/N-ethyl adjacent to an activating group) is 1. The van der Waals surface area contributed by atoms with E-state index in [1.807, 2.05) is 26.1 Å². The van der Waals surface area contributed by atoms with Gasteiger partial charge < -0.3 is 5.32 Å². The van der Waals surface area contributed by atoms with Crippen LogP contribution >= 0.6 is 0 Å². The maximum atomic E-state index is 14.0. The molecular weight excluding hydrogens is 213 g/mol. The molecule has 0 heterocycles. The zero-order valence-electron chi connectivity index (χ0n) is 10.6. The van der Waals surface area contributed by atoms with Gasteiger partial charge in [-0.05, 0) is 51.3 Å². The van der Waals surface area contributed by atoms with E-state index < -0.39 is 0 Å². The minimum Gasteiger partial charge on any atom is -0.310 e. The van der Waals surface area contributed by atoms with Gasteiger partial charge in [0, 0.05) is 5.56 Å². The number of benzene rings is 1. The zero-order valence-corrected chi connectivity index (χ0v) is 10.6. The van der Waals surface area contributed by atoms with Crippen LogP contribution in [0.5, 0.6) is 0 Å². The van der Waals surface area contributed by atoms with Crippen LogP contribution in [0.3, 0.4) is 0 Å². The Kier molecular flexibility index (Phi) is 3.95. The summed E-state index contributed by atoms with van der Waals surface area (Å²) >= 11 is 0. The maximum absolute atomic E-state index is 14.0. The Bertz CT molecular complexity index is 423. The summed E-state index contributed by atoms with van der Waals surface area (Å²) in [5.74, 6) is -0.101. The average molecular weight is 233 g/mol. The first kappa shape index (κ1) is 12.3. The molecule has 0 radical (unpaired) electrons. The second kappa shape index (κ2) is 5.46. The van der Waals surface area contributed by atoms with Gasteiger partial charge in [0.25, 0.3) is 0 Å². The van der Waals surface area contributed by atoms with E-state index >= 15 is 0 Å². The molecule has 0 fully saturated rings. The summed E-state index contributed by atoms with van der Waals surface area (Å²) < 4.78 is 14.0. The molecule has 0 saturated heterocycles. The molecule has 0 aromatic heterocycles. The van der Waals surface area contributed by atoms with Crippen LogP contribution in [0.4, 0.5) is 4.39 Å². The van der Waals surface area contributed by atoms with Gasteiger partial charge in [0.05, 0.1) is 6.04 Å². The predicted octanol–water partition coefficient (Wildman–Crippen LogP) is 3.90. The van der Waals surface area contributed by atoms with Crippen molar-refractivity contribution >= 4 is 0 Å². The minimum absolute atomic E-state index is 0.0379. The molecule has 0 saturated carbocycles. The molecule has 0 aliphatic heterocycles. The highest BCUT2D eigenvalue weighted by Gasteiger charge is 2.19. The highest BCUT2D eigenvalue weighted by Crippen LogP contribution is 2.31. The Balaban J connectivity index is 2.31. The molecule has 0 bridgehead atoms. The molecule has 0 amide bonds. The summed E-state index contributed by atoms with van der Waals surface area (Å²) in [4.78, 5) is 0. The van der Waals surface area contributed by atoms with Gasteiger partial charge in [-0.15, -0.1) is 0 Å². The van der Waals surface area contributed by atoms with E-state index in [-0.39, 0.29) is 11.9 Å². The summed E-state index contributed by atoms with van der Waals surface area (Å²) in [6.45, 7) is 1.92. The van der Waals surface area contributed by atoms with E-state index in [4.69, 9.17) is 0 Å². The van der Waals surface area contributed by atoms with Crippen molar-refractivity contribution in [3.8, 4) is 0 Å². The van der Waals surface area contributed by atoms with E-state index in [1.54, 1.807) is 6.07 Å². The summed E-state index contributed by atoms with van der Waals surface area (Å²) in [7, 11) is 1.90. The fraction of sp³-hybridized carbons (Fsp3) is 0.467. The molecule has 2 rings (SSSR count). The second-order valence-electron chi connectivity index (χ2n) is 4.77. The minimum atomic E-state index is -0.101.